The van der Waals surface area contributed by atoms with E-state index in [1.807, 2.05) is 0 Å². The summed E-state index contributed by atoms with van der Waals surface area (Å²) in [5.41, 5.74) is 4.98. The minimum absolute atomic E-state index is 0.292. The minimum Gasteiger partial charge on any atom is -0.382 e. The molecule has 0 aliphatic heterocycles. The molecule has 3 N–H and O–H groups in total. The number of rotatable bonds is 12. The Morgan fingerprint density at radius 1 is 1.06 bits per heavy atom. The molecule has 0 heterocycles. The third kappa shape index (κ3) is 13.3. The Bertz CT molecular complexity index is 167. The van der Waals surface area contributed by atoms with E-state index in [1.165, 1.54) is 0 Å². The monoisotopic (exact) mass is 234 g/mol. The van der Waals surface area contributed by atoms with Crippen LogP contribution >= 0.6 is 0 Å². The SMILES string of the molecule is COCCOCCOCCNCCC(N)=O. The molecule has 96 valence electrons. The topological polar surface area (TPSA) is 82.8 Å². The highest BCUT2D eigenvalue weighted by atomic mass is 16.5. The molecule has 6 nitrogen and oxygen atoms in total. The molecule has 0 rings (SSSR count). The van der Waals surface area contributed by atoms with Crippen molar-refractivity contribution in [2.75, 3.05) is 53.2 Å². The van der Waals surface area contributed by atoms with Gasteiger partial charge in [-0.15, -0.1) is 0 Å². The summed E-state index contributed by atoms with van der Waals surface area (Å²) in [7, 11) is 1.64. The standard InChI is InChI=1S/C10H22N2O4/c1-14-6-7-16-9-8-15-5-4-12-3-2-10(11)13/h12H,2-9H2,1H3,(H2,11,13). The van der Waals surface area contributed by atoms with E-state index in [0.717, 1.165) is 0 Å². The van der Waals surface area contributed by atoms with Gasteiger partial charge in [0, 0.05) is 26.6 Å². The molecular weight excluding hydrogens is 212 g/mol. The lowest BCUT2D eigenvalue weighted by molar-refractivity contribution is -0.117. The highest BCUT2D eigenvalue weighted by molar-refractivity contribution is 5.73. The lowest BCUT2D eigenvalue weighted by Gasteiger charge is -2.06. The maximum Gasteiger partial charge on any atom is 0.218 e. The molecule has 0 fully saturated rings. The van der Waals surface area contributed by atoms with Crippen molar-refractivity contribution in [3.05, 3.63) is 0 Å². The van der Waals surface area contributed by atoms with Crippen LogP contribution in [0, 0.1) is 0 Å². The molecule has 0 aliphatic rings. The van der Waals surface area contributed by atoms with Crippen LogP contribution in [0.3, 0.4) is 0 Å². The van der Waals surface area contributed by atoms with Gasteiger partial charge in [0.1, 0.15) is 0 Å². The van der Waals surface area contributed by atoms with Crippen LogP contribution in [0.1, 0.15) is 6.42 Å². The van der Waals surface area contributed by atoms with Gasteiger partial charge in [-0.05, 0) is 0 Å². The third-order valence-electron chi connectivity index (χ3n) is 1.78. The molecule has 0 atom stereocenters. The van der Waals surface area contributed by atoms with Crippen molar-refractivity contribution in [1.82, 2.24) is 5.32 Å². The van der Waals surface area contributed by atoms with E-state index in [9.17, 15) is 4.79 Å². The fourth-order valence-corrected chi connectivity index (χ4v) is 0.945. The molecule has 0 spiro atoms. The van der Waals surface area contributed by atoms with Crippen molar-refractivity contribution in [3.63, 3.8) is 0 Å². The van der Waals surface area contributed by atoms with Crippen LogP contribution < -0.4 is 11.1 Å². The van der Waals surface area contributed by atoms with Crippen molar-refractivity contribution in [2.45, 2.75) is 6.42 Å². The number of carbonyl (C=O) groups is 1. The molecule has 0 saturated carbocycles. The Morgan fingerprint density at radius 2 is 1.69 bits per heavy atom. The average Bonchev–Trinajstić information content (AvgIpc) is 2.25. The van der Waals surface area contributed by atoms with Gasteiger partial charge in [-0.1, -0.05) is 0 Å². The van der Waals surface area contributed by atoms with E-state index >= 15 is 0 Å². The van der Waals surface area contributed by atoms with Crippen LogP contribution in [-0.2, 0) is 19.0 Å². The Hall–Kier alpha value is -0.690. The van der Waals surface area contributed by atoms with Crippen LogP contribution in [0.4, 0.5) is 0 Å². The average molecular weight is 234 g/mol. The minimum atomic E-state index is -0.292. The highest BCUT2D eigenvalue weighted by Gasteiger charge is 1.93. The molecule has 6 heteroatoms. The Labute approximate surface area is 96.4 Å². The van der Waals surface area contributed by atoms with Gasteiger partial charge in [-0.3, -0.25) is 4.79 Å². The summed E-state index contributed by atoms with van der Waals surface area (Å²) in [5, 5.41) is 3.04. The van der Waals surface area contributed by atoms with E-state index in [4.69, 9.17) is 19.9 Å². The van der Waals surface area contributed by atoms with E-state index in [2.05, 4.69) is 5.32 Å². The number of carbonyl (C=O) groups excluding carboxylic acids is 1. The molecule has 16 heavy (non-hydrogen) atoms. The summed E-state index contributed by atoms with van der Waals surface area (Å²) in [4.78, 5) is 10.4. The van der Waals surface area contributed by atoms with Gasteiger partial charge >= 0.3 is 0 Å². The zero-order chi connectivity index (χ0) is 12.1. The molecule has 0 aromatic heterocycles. The van der Waals surface area contributed by atoms with Crippen LogP contribution in [0.2, 0.25) is 0 Å². The lowest BCUT2D eigenvalue weighted by atomic mass is 10.4. The zero-order valence-corrected chi connectivity index (χ0v) is 9.87. The molecule has 0 aromatic carbocycles. The first-order valence-electron chi connectivity index (χ1n) is 5.41. The Morgan fingerprint density at radius 3 is 2.31 bits per heavy atom. The molecule has 0 radical (unpaired) electrons. The van der Waals surface area contributed by atoms with Crippen LogP contribution in [0.25, 0.3) is 0 Å². The second kappa shape index (κ2) is 12.4. The first-order chi connectivity index (χ1) is 7.77. The van der Waals surface area contributed by atoms with Gasteiger partial charge in [0.2, 0.25) is 5.91 Å². The Balaban J connectivity index is 2.90. The van der Waals surface area contributed by atoms with Gasteiger partial charge in [0.05, 0.1) is 33.0 Å². The first kappa shape index (κ1) is 15.3. The smallest absolute Gasteiger partial charge is 0.218 e. The van der Waals surface area contributed by atoms with Crippen LogP contribution in [0.5, 0.6) is 0 Å². The number of hydrogen-bond donors (Lipinski definition) is 2. The van der Waals surface area contributed by atoms with Crippen LogP contribution in [-0.4, -0.2) is 59.1 Å². The van der Waals surface area contributed by atoms with Crippen molar-refractivity contribution >= 4 is 5.91 Å². The molecule has 1 amide bonds. The molecule has 0 aromatic rings. The quantitative estimate of drug-likeness (QED) is 0.429. The normalized spacial score (nSPS) is 10.6. The van der Waals surface area contributed by atoms with Gasteiger partial charge in [-0.2, -0.15) is 0 Å². The molecule has 0 unspecified atom stereocenters. The van der Waals surface area contributed by atoms with Crippen molar-refractivity contribution < 1.29 is 19.0 Å². The summed E-state index contributed by atoms with van der Waals surface area (Å²) in [6, 6.07) is 0. The summed E-state index contributed by atoms with van der Waals surface area (Å²) in [6.45, 7) is 4.26. The largest absolute Gasteiger partial charge is 0.382 e. The molecule has 0 aliphatic carbocycles. The van der Waals surface area contributed by atoms with E-state index in [1.54, 1.807) is 7.11 Å². The molecule has 0 saturated heterocycles. The second-order valence-electron chi connectivity index (χ2n) is 3.18. The highest BCUT2D eigenvalue weighted by Crippen LogP contribution is 1.79. The third-order valence-corrected chi connectivity index (χ3v) is 1.78. The summed E-state index contributed by atoms with van der Waals surface area (Å²) in [5.74, 6) is -0.292. The second-order valence-corrected chi connectivity index (χ2v) is 3.18. The maximum atomic E-state index is 10.4. The number of amides is 1. The molecular formula is C10H22N2O4. The van der Waals surface area contributed by atoms with Gasteiger partial charge in [-0.25, -0.2) is 0 Å². The lowest BCUT2D eigenvalue weighted by Crippen LogP contribution is -2.25. The maximum absolute atomic E-state index is 10.4. The Kier molecular flexibility index (Phi) is 11.8. The predicted molar refractivity (Wildman–Crippen MR) is 60.2 cm³/mol. The van der Waals surface area contributed by atoms with E-state index in [-0.39, 0.29) is 5.91 Å². The first-order valence-corrected chi connectivity index (χ1v) is 5.41. The van der Waals surface area contributed by atoms with Crippen molar-refractivity contribution in [3.8, 4) is 0 Å². The number of methoxy groups -OCH3 is 1. The fraction of sp³-hybridized carbons (Fsp3) is 0.900. The van der Waals surface area contributed by atoms with E-state index < -0.39 is 0 Å². The van der Waals surface area contributed by atoms with Gasteiger partial charge in [0.25, 0.3) is 0 Å². The van der Waals surface area contributed by atoms with Gasteiger partial charge in [0.15, 0.2) is 0 Å². The van der Waals surface area contributed by atoms with Crippen LogP contribution in [0.15, 0.2) is 0 Å². The fourth-order valence-electron chi connectivity index (χ4n) is 0.945. The zero-order valence-electron chi connectivity index (χ0n) is 9.87. The van der Waals surface area contributed by atoms with E-state index in [0.29, 0.717) is 52.5 Å². The number of ether oxygens (including phenoxy) is 3. The summed E-state index contributed by atoms with van der Waals surface area (Å²) < 4.78 is 15.3. The van der Waals surface area contributed by atoms with Crippen molar-refractivity contribution in [1.29, 1.82) is 0 Å². The number of nitrogens with two attached hydrogens (primary N) is 1. The summed E-state index contributed by atoms with van der Waals surface area (Å²) in [6.07, 6.45) is 0.361. The van der Waals surface area contributed by atoms with Gasteiger partial charge < -0.3 is 25.3 Å². The number of hydrogen-bond acceptors (Lipinski definition) is 5. The van der Waals surface area contributed by atoms with Crippen molar-refractivity contribution in [2.24, 2.45) is 5.73 Å². The number of nitrogens with one attached hydrogen (secondary N) is 1. The molecule has 0 bridgehead atoms. The summed E-state index contributed by atoms with van der Waals surface area (Å²) >= 11 is 0. The predicted octanol–water partition coefficient (Wildman–Crippen LogP) is -0.869. The number of primary amides is 1.